The number of imidazole rings is 1. The second kappa shape index (κ2) is 7.37. The van der Waals surface area contributed by atoms with Crippen LogP contribution in [0.4, 0.5) is 11.5 Å². The van der Waals surface area contributed by atoms with E-state index in [1.807, 2.05) is 36.4 Å². The van der Waals surface area contributed by atoms with Gasteiger partial charge in [0.15, 0.2) is 23.0 Å². The lowest BCUT2D eigenvalue weighted by Gasteiger charge is -2.12. The fraction of sp³-hybridized carbons (Fsp3) is 0.143. The highest BCUT2D eigenvalue weighted by atomic mass is 16.5. The first-order chi connectivity index (χ1) is 13.7. The van der Waals surface area contributed by atoms with Crippen molar-refractivity contribution in [2.45, 2.75) is 6.42 Å². The van der Waals surface area contributed by atoms with Crippen molar-refractivity contribution in [1.82, 2.24) is 14.6 Å². The van der Waals surface area contributed by atoms with Crippen LogP contribution < -0.4 is 14.8 Å². The van der Waals surface area contributed by atoms with Crippen LogP contribution in [0, 0.1) is 11.3 Å². The van der Waals surface area contributed by atoms with E-state index in [4.69, 9.17) is 14.5 Å². The van der Waals surface area contributed by atoms with Crippen LogP contribution in [0.1, 0.15) is 16.8 Å². The zero-order valence-electron chi connectivity index (χ0n) is 15.6. The smallest absolute Gasteiger partial charge is 0.173 e. The van der Waals surface area contributed by atoms with Gasteiger partial charge < -0.3 is 14.8 Å². The van der Waals surface area contributed by atoms with Crippen molar-refractivity contribution in [2.75, 3.05) is 19.5 Å². The van der Waals surface area contributed by atoms with E-state index < -0.39 is 0 Å². The number of benzene rings is 2. The summed E-state index contributed by atoms with van der Waals surface area (Å²) in [7, 11) is 3.20. The minimum atomic E-state index is 0.495. The van der Waals surface area contributed by atoms with Crippen LogP contribution in [0.5, 0.6) is 11.5 Å². The molecule has 0 amide bonds. The molecule has 0 aliphatic carbocycles. The number of aromatic nitrogens is 3. The van der Waals surface area contributed by atoms with Crippen LogP contribution >= 0.6 is 0 Å². The number of hydrogen-bond acceptors (Lipinski definition) is 5. The van der Waals surface area contributed by atoms with Gasteiger partial charge in [-0.1, -0.05) is 30.3 Å². The lowest BCUT2D eigenvalue weighted by Crippen LogP contribution is -2.01. The van der Waals surface area contributed by atoms with Gasteiger partial charge in [-0.2, -0.15) is 5.26 Å². The molecule has 140 valence electrons. The summed E-state index contributed by atoms with van der Waals surface area (Å²) in [5.41, 5.74) is 3.88. The molecule has 7 nitrogen and oxygen atoms in total. The normalized spacial score (nSPS) is 10.6. The zero-order valence-corrected chi connectivity index (χ0v) is 15.6. The number of nitrogens with one attached hydrogen (secondary N) is 2. The minimum absolute atomic E-state index is 0.495. The third-order valence-corrected chi connectivity index (χ3v) is 4.51. The third-order valence-electron chi connectivity index (χ3n) is 4.51. The van der Waals surface area contributed by atoms with Gasteiger partial charge in [0, 0.05) is 24.4 Å². The molecule has 0 atom stereocenters. The minimum Gasteiger partial charge on any atom is -0.493 e. The van der Waals surface area contributed by atoms with E-state index in [0.717, 1.165) is 22.8 Å². The van der Waals surface area contributed by atoms with Crippen molar-refractivity contribution in [3.05, 3.63) is 71.5 Å². The quantitative estimate of drug-likeness (QED) is 0.535. The molecule has 0 spiro atoms. The number of fused-ring (bicyclic) bond motifs is 1. The molecule has 2 aromatic heterocycles. The molecular weight excluding hydrogens is 354 g/mol. The van der Waals surface area contributed by atoms with Crippen molar-refractivity contribution in [1.29, 1.82) is 5.26 Å². The largest absolute Gasteiger partial charge is 0.493 e. The van der Waals surface area contributed by atoms with E-state index in [1.54, 1.807) is 24.9 Å². The Labute approximate surface area is 162 Å². The van der Waals surface area contributed by atoms with Crippen molar-refractivity contribution < 1.29 is 9.47 Å². The average Bonchev–Trinajstić information content (AvgIpc) is 3.28. The van der Waals surface area contributed by atoms with Gasteiger partial charge in [-0.05, 0) is 17.7 Å². The van der Waals surface area contributed by atoms with Crippen molar-refractivity contribution >= 4 is 17.2 Å². The van der Waals surface area contributed by atoms with Gasteiger partial charge in [-0.25, -0.2) is 9.50 Å². The Bertz CT molecular complexity index is 1150. The van der Waals surface area contributed by atoms with E-state index in [2.05, 4.69) is 28.6 Å². The van der Waals surface area contributed by atoms with Gasteiger partial charge >= 0.3 is 0 Å². The number of anilines is 2. The van der Waals surface area contributed by atoms with Gasteiger partial charge in [0.1, 0.15) is 11.6 Å². The molecule has 0 saturated heterocycles. The topological polar surface area (TPSA) is 87.4 Å². The lowest BCUT2D eigenvalue weighted by atomic mass is 10.1. The maximum atomic E-state index is 9.36. The van der Waals surface area contributed by atoms with Crippen LogP contribution in [0.2, 0.25) is 0 Å². The summed E-state index contributed by atoms with van der Waals surface area (Å²) in [4.78, 5) is 4.70. The van der Waals surface area contributed by atoms with Gasteiger partial charge in [-0.15, -0.1) is 0 Å². The SMILES string of the molecule is COc1ccc(Nc2c(Cc3ccccc3)nc3c(C#N)c[nH]n23)cc1OC. The van der Waals surface area contributed by atoms with Crippen LogP contribution in [0.15, 0.2) is 54.7 Å². The maximum absolute atomic E-state index is 9.36. The van der Waals surface area contributed by atoms with Crippen LogP contribution in [-0.4, -0.2) is 28.8 Å². The Morgan fingerprint density at radius 2 is 1.89 bits per heavy atom. The Morgan fingerprint density at radius 3 is 2.61 bits per heavy atom. The molecule has 0 aliphatic rings. The summed E-state index contributed by atoms with van der Waals surface area (Å²) in [6.45, 7) is 0. The van der Waals surface area contributed by atoms with Crippen LogP contribution in [-0.2, 0) is 6.42 Å². The fourth-order valence-corrected chi connectivity index (χ4v) is 3.14. The zero-order chi connectivity index (χ0) is 19.5. The summed E-state index contributed by atoms with van der Waals surface area (Å²) in [5, 5.41) is 15.9. The molecule has 28 heavy (non-hydrogen) atoms. The second-order valence-corrected chi connectivity index (χ2v) is 6.22. The number of H-pyrrole nitrogens is 1. The molecule has 0 aliphatic heterocycles. The molecule has 0 bridgehead atoms. The van der Waals surface area contributed by atoms with E-state index >= 15 is 0 Å². The lowest BCUT2D eigenvalue weighted by molar-refractivity contribution is 0.355. The molecule has 0 saturated carbocycles. The summed E-state index contributed by atoms with van der Waals surface area (Å²) in [5.74, 6) is 2.05. The first-order valence-electron chi connectivity index (χ1n) is 8.75. The molecule has 2 N–H and O–H groups in total. The Hall–Kier alpha value is -3.92. The Morgan fingerprint density at radius 1 is 1.11 bits per heavy atom. The van der Waals surface area contributed by atoms with Crippen LogP contribution in [0.3, 0.4) is 0 Å². The number of ether oxygens (including phenoxy) is 2. The highest BCUT2D eigenvalue weighted by molar-refractivity contribution is 5.69. The van der Waals surface area contributed by atoms with Gasteiger partial charge in [0.2, 0.25) is 0 Å². The number of nitriles is 1. The van der Waals surface area contributed by atoms with Gasteiger partial charge in [0.05, 0.1) is 19.9 Å². The summed E-state index contributed by atoms with van der Waals surface area (Å²) < 4.78 is 12.5. The molecular formula is C21H19N5O2. The molecule has 7 heteroatoms. The number of aromatic amines is 1. The standard InChI is InChI=1S/C21H19N5O2/c1-27-18-9-8-16(11-19(18)28-2)24-21-17(10-14-6-4-3-5-7-14)25-20-15(12-22)13-23-26(20)21/h3-9,11,13,23-24H,10H2,1-2H3. The first kappa shape index (κ1) is 17.5. The van der Waals surface area contributed by atoms with Crippen molar-refractivity contribution in [3.63, 3.8) is 0 Å². The van der Waals surface area contributed by atoms with E-state index in [9.17, 15) is 5.26 Å². The average molecular weight is 373 g/mol. The first-order valence-corrected chi connectivity index (χ1v) is 8.75. The molecule has 0 unspecified atom stereocenters. The maximum Gasteiger partial charge on any atom is 0.173 e. The molecule has 2 heterocycles. The second-order valence-electron chi connectivity index (χ2n) is 6.22. The number of nitrogens with zero attached hydrogens (tertiary/aromatic N) is 3. The molecule has 4 rings (SSSR count). The van der Waals surface area contributed by atoms with Crippen molar-refractivity contribution in [3.8, 4) is 17.6 Å². The highest BCUT2D eigenvalue weighted by Gasteiger charge is 2.18. The summed E-state index contributed by atoms with van der Waals surface area (Å²) in [6, 6.07) is 17.9. The van der Waals surface area contributed by atoms with Crippen molar-refractivity contribution in [2.24, 2.45) is 0 Å². The Kier molecular flexibility index (Phi) is 4.60. The fourth-order valence-electron chi connectivity index (χ4n) is 3.14. The summed E-state index contributed by atoms with van der Waals surface area (Å²) in [6.07, 6.45) is 2.28. The molecule has 0 radical (unpaired) electrons. The number of hydrogen-bond donors (Lipinski definition) is 2. The summed E-state index contributed by atoms with van der Waals surface area (Å²) >= 11 is 0. The van der Waals surface area contributed by atoms with Gasteiger partial charge in [-0.3, -0.25) is 5.10 Å². The van der Waals surface area contributed by atoms with Gasteiger partial charge in [0.25, 0.3) is 0 Å². The Balaban J connectivity index is 1.77. The third kappa shape index (κ3) is 3.12. The van der Waals surface area contributed by atoms with E-state index in [0.29, 0.717) is 29.1 Å². The molecule has 4 aromatic rings. The van der Waals surface area contributed by atoms with Crippen LogP contribution in [0.25, 0.3) is 5.65 Å². The number of methoxy groups -OCH3 is 2. The van der Waals surface area contributed by atoms with E-state index in [-0.39, 0.29) is 0 Å². The van der Waals surface area contributed by atoms with E-state index in [1.165, 1.54) is 0 Å². The predicted molar refractivity (Wildman–Crippen MR) is 106 cm³/mol. The molecule has 2 aromatic carbocycles. The predicted octanol–water partition coefficient (Wildman–Crippen LogP) is 3.89. The number of rotatable bonds is 6. The highest BCUT2D eigenvalue weighted by Crippen LogP contribution is 2.32. The molecule has 0 fully saturated rings. The monoisotopic (exact) mass is 373 g/mol.